The number of amides is 1. The van der Waals surface area contributed by atoms with E-state index in [9.17, 15) is 9.59 Å². The fourth-order valence-corrected chi connectivity index (χ4v) is 4.36. The first-order valence-corrected chi connectivity index (χ1v) is 11.0. The van der Waals surface area contributed by atoms with Crippen molar-refractivity contribution in [3.8, 4) is 0 Å². The van der Waals surface area contributed by atoms with Crippen LogP contribution in [0.3, 0.4) is 0 Å². The highest BCUT2D eigenvalue weighted by molar-refractivity contribution is 5.91. The van der Waals surface area contributed by atoms with E-state index in [2.05, 4.69) is 24.3 Å². The second-order valence-electron chi connectivity index (χ2n) is 9.11. The number of rotatable bonds is 9. The summed E-state index contributed by atoms with van der Waals surface area (Å²) >= 11 is 0. The molecule has 1 aromatic carbocycles. The van der Waals surface area contributed by atoms with Gasteiger partial charge in [-0.25, -0.2) is 4.79 Å². The zero-order valence-electron chi connectivity index (χ0n) is 18.8. The van der Waals surface area contributed by atoms with E-state index in [1.54, 1.807) is 6.08 Å². The molecule has 0 aliphatic heterocycles. The molecule has 0 bridgehead atoms. The Kier molecular flexibility index (Phi) is 7.31. The molecule has 0 atom stereocenters. The van der Waals surface area contributed by atoms with E-state index in [1.807, 2.05) is 32.0 Å². The summed E-state index contributed by atoms with van der Waals surface area (Å²) in [7, 11) is 0. The molecule has 1 fully saturated rings. The Balaban J connectivity index is 1.67. The van der Waals surface area contributed by atoms with Crippen LogP contribution in [0.15, 0.2) is 28.8 Å². The van der Waals surface area contributed by atoms with E-state index in [1.165, 1.54) is 6.42 Å². The summed E-state index contributed by atoms with van der Waals surface area (Å²) in [6, 6.07) is 5.90. The topological polar surface area (TPSA) is 92.4 Å². The van der Waals surface area contributed by atoms with Crippen molar-refractivity contribution in [2.24, 2.45) is 11.8 Å². The first-order chi connectivity index (χ1) is 14.7. The van der Waals surface area contributed by atoms with Gasteiger partial charge < -0.3 is 14.9 Å². The number of hydrogen-bond acceptors (Lipinski definition) is 4. The van der Waals surface area contributed by atoms with E-state index >= 15 is 0 Å². The van der Waals surface area contributed by atoms with Crippen molar-refractivity contribution in [1.29, 1.82) is 0 Å². The van der Waals surface area contributed by atoms with Crippen LogP contribution >= 0.6 is 0 Å². The maximum atomic E-state index is 12.5. The Morgan fingerprint density at radius 3 is 2.68 bits per heavy atom. The van der Waals surface area contributed by atoms with Crippen LogP contribution in [0.4, 0.5) is 5.69 Å². The predicted molar refractivity (Wildman–Crippen MR) is 121 cm³/mol. The minimum Gasteiger partial charge on any atom is -0.478 e. The van der Waals surface area contributed by atoms with E-state index in [4.69, 9.17) is 9.63 Å². The molecule has 2 N–H and O–H groups in total. The molecule has 1 aliphatic rings. The van der Waals surface area contributed by atoms with Crippen molar-refractivity contribution in [2.75, 3.05) is 5.32 Å². The number of aliphatic carboxylic acids is 1. The van der Waals surface area contributed by atoms with Gasteiger partial charge >= 0.3 is 5.97 Å². The molecule has 1 amide bonds. The van der Waals surface area contributed by atoms with Crippen molar-refractivity contribution >= 4 is 23.6 Å². The molecule has 31 heavy (non-hydrogen) atoms. The molecule has 0 unspecified atom stereocenters. The third kappa shape index (κ3) is 6.06. The van der Waals surface area contributed by atoms with Gasteiger partial charge in [-0.3, -0.25) is 4.79 Å². The molecular weight excluding hydrogens is 392 g/mol. The number of carboxylic acid groups (broad SMARTS) is 1. The molecule has 0 radical (unpaired) electrons. The molecule has 3 rings (SSSR count). The van der Waals surface area contributed by atoms with Crippen molar-refractivity contribution in [1.82, 2.24) is 5.16 Å². The number of carbonyl (C=O) groups is 2. The smallest absolute Gasteiger partial charge is 0.328 e. The van der Waals surface area contributed by atoms with Crippen molar-refractivity contribution < 1.29 is 19.2 Å². The average Bonchev–Trinajstić information content (AvgIpc) is 3.05. The number of carbonyl (C=O) groups excluding carboxylic acids is 1. The molecule has 2 aromatic rings. The minimum absolute atomic E-state index is 0.106. The van der Waals surface area contributed by atoms with Crippen LogP contribution in [-0.2, 0) is 16.0 Å². The number of aromatic nitrogens is 1. The van der Waals surface area contributed by atoms with Gasteiger partial charge in [-0.05, 0) is 62.7 Å². The first kappa shape index (κ1) is 22.8. The number of nitrogens with zero attached hydrogens (tertiary/aromatic N) is 1. The molecule has 1 saturated carbocycles. The van der Waals surface area contributed by atoms with E-state index in [0.717, 1.165) is 47.1 Å². The molecule has 166 valence electrons. The largest absolute Gasteiger partial charge is 0.478 e. The van der Waals surface area contributed by atoms with Crippen LogP contribution in [0.2, 0.25) is 0 Å². The predicted octanol–water partition coefficient (Wildman–Crippen LogP) is 5.50. The molecule has 0 saturated heterocycles. The monoisotopic (exact) mass is 424 g/mol. The quantitative estimate of drug-likeness (QED) is 0.519. The Morgan fingerprint density at radius 1 is 1.29 bits per heavy atom. The van der Waals surface area contributed by atoms with Crippen LogP contribution in [0.1, 0.15) is 73.6 Å². The number of aryl methyl sites for hydroxylation is 3. The van der Waals surface area contributed by atoms with E-state index in [0.29, 0.717) is 24.0 Å². The number of hydrogen-bond donors (Lipinski definition) is 2. The Labute approximate surface area is 183 Å². The van der Waals surface area contributed by atoms with Gasteiger partial charge in [-0.2, -0.15) is 0 Å². The third-order valence-corrected chi connectivity index (χ3v) is 5.88. The maximum Gasteiger partial charge on any atom is 0.328 e. The Bertz CT molecular complexity index is 968. The van der Waals surface area contributed by atoms with E-state index < -0.39 is 5.97 Å². The van der Waals surface area contributed by atoms with Gasteiger partial charge in [0.2, 0.25) is 5.91 Å². The van der Waals surface area contributed by atoms with Crippen molar-refractivity contribution in [2.45, 2.75) is 65.7 Å². The zero-order chi connectivity index (χ0) is 22.5. The highest BCUT2D eigenvalue weighted by Crippen LogP contribution is 2.46. The SMILES string of the molecule is Cc1ccc(NC(=O)CCc2noc(C3CC(CC(C)C)C3)c2/C=C/C(=O)O)c(C)c1. The molecule has 1 aliphatic carbocycles. The second kappa shape index (κ2) is 9.94. The van der Waals surface area contributed by atoms with Gasteiger partial charge in [0.15, 0.2) is 0 Å². The third-order valence-electron chi connectivity index (χ3n) is 5.88. The highest BCUT2D eigenvalue weighted by atomic mass is 16.5. The first-order valence-electron chi connectivity index (χ1n) is 11.0. The van der Waals surface area contributed by atoms with Crippen molar-refractivity contribution in [3.05, 3.63) is 52.4 Å². The van der Waals surface area contributed by atoms with Crippen LogP contribution in [-0.4, -0.2) is 22.1 Å². The van der Waals surface area contributed by atoms with Crippen molar-refractivity contribution in [3.63, 3.8) is 0 Å². The molecule has 6 heteroatoms. The summed E-state index contributed by atoms with van der Waals surface area (Å²) in [5.74, 6) is 1.24. The fourth-order valence-electron chi connectivity index (χ4n) is 4.36. The van der Waals surface area contributed by atoms with Gasteiger partial charge in [0.05, 0.1) is 5.69 Å². The molecule has 1 heterocycles. The normalized spacial score (nSPS) is 18.4. The van der Waals surface area contributed by atoms with Gasteiger partial charge in [0.25, 0.3) is 0 Å². The van der Waals surface area contributed by atoms with Crippen LogP contribution in [0.25, 0.3) is 6.08 Å². The standard InChI is InChI=1S/C25H32N2O4/c1-15(2)11-18-13-19(14-18)25-20(6-10-24(29)30)22(27-31-25)8-9-23(28)26-21-7-5-16(3)12-17(21)4/h5-7,10,12,15,18-19H,8-9,11,13-14H2,1-4H3,(H,26,28)(H,29,30)/b10-6+. The number of anilines is 1. The summed E-state index contributed by atoms with van der Waals surface area (Å²) in [5.41, 5.74) is 4.31. The number of nitrogens with one attached hydrogen (secondary N) is 1. The molecule has 6 nitrogen and oxygen atoms in total. The lowest BCUT2D eigenvalue weighted by molar-refractivity contribution is -0.131. The second-order valence-corrected chi connectivity index (χ2v) is 9.11. The lowest BCUT2D eigenvalue weighted by Crippen LogP contribution is -2.23. The van der Waals surface area contributed by atoms with Gasteiger partial charge in [-0.1, -0.05) is 36.7 Å². The van der Waals surface area contributed by atoms with E-state index in [-0.39, 0.29) is 18.2 Å². The lowest BCUT2D eigenvalue weighted by Gasteiger charge is -2.35. The average molecular weight is 425 g/mol. The summed E-state index contributed by atoms with van der Waals surface area (Å²) in [4.78, 5) is 23.5. The van der Waals surface area contributed by atoms with Gasteiger partial charge in [-0.15, -0.1) is 0 Å². The lowest BCUT2D eigenvalue weighted by atomic mass is 9.69. The summed E-state index contributed by atoms with van der Waals surface area (Å²) in [6.45, 7) is 8.43. The number of carboxylic acids is 1. The fraction of sp³-hybridized carbons (Fsp3) is 0.480. The van der Waals surface area contributed by atoms with Crippen LogP contribution < -0.4 is 5.32 Å². The van der Waals surface area contributed by atoms with Crippen LogP contribution in [0.5, 0.6) is 0 Å². The summed E-state index contributed by atoms with van der Waals surface area (Å²) < 4.78 is 5.64. The summed E-state index contributed by atoms with van der Waals surface area (Å²) in [5, 5.41) is 16.2. The minimum atomic E-state index is -1.02. The Morgan fingerprint density at radius 2 is 2.03 bits per heavy atom. The van der Waals surface area contributed by atoms with Crippen LogP contribution in [0, 0.1) is 25.7 Å². The molecular formula is C25H32N2O4. The molecule has 1 aromatic heterocycles. The molecule has 0 spiro atoms. The van der Waals surface area contributed by atoms with Gasteiger partial charge in [0, 0.05) is 36.1 Å². The summed E-state index contributed by atoms with van der Waals surface area (Å²) in [6.07, 6.45) is 6.56. The highest BCUT2D eigenvalue weighted by Gasteiger charge is 2.35. The number of benzene rings is 1. The zero-order valence-corrected chi connectivity index (χ0v) is 18.8. The Hall–Kier alpha value is -2.89. The van der Waals surface area contributed by atoms with Gasteiger partial charge in [0.1, 0.15) is 5.76 Å². The maximum absolute atomic E-state index is 12.5.